The number of rotatable bonds is 0. The fraction of sp³-hybridized carbons (Fsp3) is 0. The van der Waals surface area contributed by atoms with Crippen LogP contribution in [0.1, 0.15) is 0 Å². The lowest BCUT2D eigenvalue weighted by molar-refractivity contribution is 1.14. The van der Waals surface area contributed by atoms with E-state index < -0.39 is 0 Å². The van der Waals surface area contributed by atoms with Crippen LogP contribution in [0.2, 0.25) is 10.3 Å². The molecule has 2 rings (SSSR count). The van der Waals surface area contributed by atoms with Crippen molar-refractivity contribution in [2.24, 2.45) is 0 Å². The maximum atomic E-state index is 5.86. The molecular formula is C7H3BCl2N2. The average Bonchev–Trinajstić information content (AvgIpc) is 2.29. The molecule has 0 atom stereocenters. The zero-order chi connectivity index (χ0) is 8.72. The third-order valence-electron chi connectivity index (χ3n) is 1.51. The van der Waals surface area contributed by atoms with Crippen LogP contribution in [0.25, 0.3) is 5.65 Å². The molecule has 0 N–H and O–H groups in total. The molecule has 0 fully saturated rings. The zero-order valence-corrected chi connectivity index (χ0v) is 7.47. The second-order valence-electron chi connectivity index (χ2n) is 2.40. The fourth-order valence-electron chi connectivity index (χ4n) is 1.04. The molecule has 0 saturated carbocycles. The van der Waals surface area contributed by atoms with Gasteiger partial charge in [0, 0.05) is 12.3 Å². The number of nitrogens with zero attached hydrogens (tertiary/aromatic N) is 2. The molecule has 2 nitrogen and oxygen atoms in total. The smallest absolute Gasteiger partial charge is 0.138 e. The average molecular weight is 197 g/mol. The van der Waals surface area contributed by atoms with Crippen molar-refractivity contribution in [1.82, 2.24) is 9.38 Å². The number of halogens is 2. The fourth-order valence-corrected chi connectivity index (χ4v) is 1.52. The van der Waals surface area contributed by atoms with Crippen LogP contribution >= 0.6 is 23.2 Å². The van der Waals surface area contributed by atoms with E-state index in [2.05, 4.69) is 4.98 Å². The molecule has 0 aliphatic heterocycles. The Morgan fingerprint density at radius 3 is 2.83 bits per heavy atom. The second kappa shape index (κ2) is 2.68. The SMILES string of the molecule is [B]c1cc2nc(Cl)cc(Cl)n2c1. The zero-order valence-electron chi connectivity index (χ0n) is 5.96. The van der Waals surface area contributed by atoms with Crippen molar-refractivity contribution < 1.29 is 0 Å². The van der Waals surface area contributed by atoms with Gasteiger partial charge in [0.2, 0.25) is 0 Å². The van der Waals surface area contributed by atoms with Gasteiger partial charge in [-0.05, 0) is 6.07 Å². The van der Waals surface area contributed by atoms with E-state index in [1.54, 1.807) is 22.7 Å². The third-order valence-corrected chi connectivity index (χ3v) is 2.00. The van der Waals surface area contributed by atoms with Crippen molar-refractivity contribution in [3.63, 3.8) is 0 Å². The molecule has 0 aliphatic carbocycles. The Hall–Kier alpha value is -0.665. The van der Waals surface area contributed by atoms with E-state index >= 15 is 0 Å². The maximum absolute atomic E-state index is 5.86. The first-order valence-corrected chi connectivity index (χ1v) is 4.02. The first kappa shape index (κ1) is 7.96. The summed E-state index contributed by atoms with van der Waals surface area (Å²) < 4.78 is 1.67. The summed E-state index contributed by atoms with van der Waals surface area (Å²) >= 11 is 11.5. The summed E-state index contributed by atoms with van der Waals surface area (Å²) in [6.45, 7) is 0. The molecule has 0 aromatic carbocycles. The van der Waals surface area contributed by atoms with Crippen LogP contribution in [0.3, 0.4) is 0 Å². The molecule has 5 heteroatoms. The van der Waals surface area contributed by atoms with Crippen LogP contribution in [0.4, 0.5) is 0 Å². The second-order valence-corrected chi connectivity index (χ2v) is 3.18. The Kier molecular flexibility index (Phi) is 1.78. The van der Waals surface area contributed by atoms with Crippen molar-refractivity contribution in [3.05, 3.63) is 28.6 Å². The first-order chi connectivity index (χ1) is 5.66. The molecule has 2 heterocycles. The van der Waals surface area contributed by atoms with Crippen molar-refractivity contribution in [2.45, 2.75) is 0 Å². The van der Waals surface area contributed by atoms with Gasteiger partial charge in [-0.2, -0.15) is 0 Å². The summed E-state index contributed by atoms with van der Waals surface area (Å²) in [7, 11) is 5.55. The van der Waals surface area contributed by atoms with Crippen LogP contribution < -0.4 is 5.46 Å². The molecule has 0 unspecified atom stereocenters. The lowest BCUT2D eigenvalue weighted by atomic mass is 10.0. The summed E-state index contributed by atoms with van der Waals surface area (Å²) in [6, 6.07) is 3.27. The Balaban J connectivity index is 2.88. The van der Waals surface area contributed by atoms with Gasteiger partial charge in [-0.3, -0.25) is 4.40 Å². The van der Waals surface area contributed by atoms with Gasteiger partial charge in [-0.15, -0.1) is 0 Å². The highest BCUT2D eigenvalue weighted by Crippen LogP contribution is 2.15. The van der Waals surface area contributed by atoms with Crippen molar-refractivity contribution >= 4 is 42.2 Å². The normalized spacial score (nSPS) is 10.8. The predicted molar refractivity (Wildman–Crippen MR) is 50.6 cm³/mol. The van der Waals surface area contributed by atoms with Crippen LogP contribution in [0, 0.1) is 0 Å². The highest BCUT2D eigenvalue weighted by atomic mass is 35.5. The molecule has 0 saturated heterocycles. The lowest BCUT2D eigenvalue weighted by Crippen LogP contribution is -1.94. The largest absolute Gasteiger partial charge is 0.292 e. The molecule has 0 bridgehead atoms. The Labute approximate surface area is 80.5 Å². The van der Waals surface area contributed by atoms with Crippen molar-refractivity contribution in [2.75, 3.05) is 0 Å². The third kappa shape index (κ3) is 1.19. The molecule has 12 heavy (non-hydrogen) atoms. The van der Waals surface area contributed by atoms with Gasteiger partial charge in [0.25, 0.3) is 0 Å². The van der Waals surface area contributed by atoms with Gasteiger partial charge in [-0.25, -0.2) is 4.98 Å². The molecule has 0 aliphatic rings. The van der Waals surface area contributed by atoms with E-state index in [0.29, 0.717) is 21.4 Å². The monoisotopic (exact) mass is 196 g/mol. The Bertz CT molecular complexity index is 438. The minimum Gasteiger partial charge on any atom is -0.292 e. The summed E-state index contributed by atoms with van der Waals surface area (Å²) in [4.78, 5) is 4.02. The van der Waals surface area contributed by atoms with Gasteiger partial charge in [0.1, 0.15) is 23.8 Å². The quantitative estimate of drug-likeness (QED) is 0.461. The van der Waals surface area contributed by atoms with E-state index in [-0.39, 0.29) is 0 Å². The Morgan fingerprint density at radius 1 is 1.33 bits per heavy atom. The molecule has 2 aromatic rings. The van der Waals surface area contributed by atoms with Crippen LogP contribution in [-0.2, 0) is 0 Å². The molecule has 0 spiro atoms. The van der Waals surface area contributed by atoms with E-state index in [4.69, 9.17) is 31.0 Å². The molecule has 0 amide bonds. The number of hydrogen-bond acceptors (Lipinski definition) is 1. The van der Waals surface area contributed by atoms with E-state index in [9.17, 15) is 0 Å². The number of hydrogen-bond donors (Lipinski definition) is 0. The molecular weight excluding hydrogens is 194 g/mol. The number of aromatic nitrogens is 2. The molecule has 58 valence electrons. The van der Waals surface area contributed by atoms with Crippen LogP contribution in [0.15, 0.2) is 18.3 Å². The minimum atomic E-state index is 0.366. The highest BCUT2D eigenvalue weighted by molar-refractivity contribution is 6.35. The Morgan fingerprint density at radius 2 is 2.08 bits per heavy atom. The molecule has 2 radical (unpaired) electrons. The summed E-state index contributed by atoms with van der Waals surface area (Å²) in [5.41, 5.74) is 1.27. The van der Waals surface area contributed by atoms with Gasteiger partial charge >= 0.3 is 0 Å². The van der Waals surface area contributed by atoms with Crippen LogP contribution in [0.5, 0.6) is 0 Å². The van der Waals surface area contributed by atoms with Gasteiger partial charge in [-0.1, -0.05) is 28.7 Å². The van der Waals surface area contributed by atoms with Crippen molar-refractivity contribution in [1.29, 1.82) is 0 Å². The number of fused-ring (bicyclic) bond motifs is 1. The molecule has 2 aromatic heterocycles. The topological polar surface area (TPSA) is 17.3 Å². The summed E-state index contributed by atoms with van der Waals surface area (Å²) in [5.74, 6) is 0. The van der Waals surface area contributed by atoms with E-state index in [0.717, 1.165) is 0 Å². The van der Waals surface area contributed by atoms with Gasteiger partial charge in [0.15, 0.2) is 0 Å². The summed E-state index contributed by atoms with van der Waals surface area (Å²) in [5, 5.41) is 0.868. The van der Waals surface area contributed by atoms with Crippen LogP contribution in [-0.4, -0.2) is 17.2 Å². The summed E-state index contributed by atoms with van der Waals surface area (Å²) in [6.07, 6.45) is 1.70. The van der Waals surface area contributed by atoms with Gasteiger partial charge < -0.3 is 0 Å². The first-order valence-electron chi connectivity index (χ1n) is 3.26. The lowest BCUT2D eigenvalue weighted by Gasteiger charge is -1.97. The van der Waals surface area contributed by atoms with Crippen molar-refractivity contribution in [3.8, 4) is 0 Å². The standard InChI is InChI=1S/C7H3BCl2N2/c8-4-1-7-11-5(9)2-6(10)12(7)3-4/h1-3H. The maximum Gasteiger partial charge on any atom is 0.138 e. The predicted octanol–water partition coefficient (Wildman–Crippen LogP) is 1.43. The highest BCUT2D eigenvalue weighted by Gasteiger charge is 2.02. The van der Waals surface area contributed by atoms with Gasteiger partial charge in [0.05, 0.1) is 0 Å². The van der Waals surface area contributed by atoms with E-state index in [1.807, 2.05) is 0 Å². The minimum absolute atomic E-state index is 0.366. The van der Waals surface area contributed by atoms with E-state index in [1.165, 1.54) is 0 Å².